The second-order valence-corrected chi connectivity index (χ2v) is 6.39. The fourth-order valence-electron chi connectivity index (χ4n) is 3.43. The molecule has 1 atom stereocenters. The van der Waals surface area contributed by atoms with Gasteiger partial charge in [0.05, 0.1) is 6.33 Å². The van der Waals surface area contributed by atoms with Crippen LogP contribution >= 0.6 is 0 Å². The zero-order valence-corrected chi connectivity index (χ0v) is 13.6. The Kier molecular flexibility index (Phi) is 3.59. The van der Waals surface area contributed by atoms with Gasteiger partial charge in [0.25, 0.3) is 5.56 Å². The predicted molar refractivity (Wildman–Crippen MR) is 90.8 cm³/mol. The lowest BCUT2D eigenvalue weighted by molar-refractivity contribution is -0.135. The zero-order valence-electron chi connectivity index (χ0n) is 13.6. The number of rotatable bonds is 2. The SMILES string of the molecule is C[C@@H]1CCCCN1C(=O)Cn1cnc2c(oc3ccccc32)c1=O. The number of nitrogens with zero attached hydrogens (tertiary/aromatic N) is 3. The first-order valence-corrected chi connectivity index (χ1v) is 8.31. The van der Waals surface area contributed by atoms with E-state index in [0.717, 1.165) is 31.2 Å². The monoisotopic (exact) mass is 325 g/mol. The third-order valence-electron chi connectivity index (χ3n) is 4.78. The maximum absolute atomic E-state index is 12.7. The van der Waals surface area contributed by atoms with Gasteiger partial charge >= 0.3 is 0 Å². The van der Waals surface area contributed by atoms with Crippen molar-refractivity contribution in [2.24, 2.45) is 0 Å². The lowest BCUT2D eigenvalue weighted by atomic mass is 10.0. The number of para-hydroxylation sites is 1. The molecule has 2 aromatic heterocycles. The van der Waals surface area contributed by atoms with E-state index in [0.29, 0.717) is 11.1 Å². The second kappa shape index (κ2) is 5.78. The Balaban J connectivity index is 1.70. The van der Waals surface area contributed by atoms with Crippen molar-refractivity contribution in [2.45, 2.75) is 38.8 Å². The largest absolute Gasteiger partial charge is 0.448 e. The molecule has 0 bridgehead atoms. The number of hydrogen-bond acceptors (Lipinski definition) is 4. The summed E-state index contributed by atoms with van der Waals surface area (Å²) in [5.41, 5.74) is 1.07. The Hall–Kier alpha value is -2.63. The van der Waals surface area contributed by atoms with Crippen LogP contribution < -0.4 is 5.56 Å². The molecule has 6 heteroatoms. The van der Waals surface area contributed by atoms with Gasteiger partial charge in [0, 0.05) is 18.0 Å². The minimum absolute atomic E-state index is 0.00313. The van der Waals surface area contributed by atoms with Gasteiger partial charge in [-0.05, 0) is 38.3 Å². The molecule has 0 unspecified atom stereocenters. The molecular weight excluding hydrogens is 306 g/mol. The molecule has 0 N–H and O–H groups in total. The second-order valence-electron chi connectivity index (χ2n) is 6.39. The molecule has 124 valence electrons. The molecule has 1 aliphatic rings. The van der Waals surface area contributed by atoms with Crippen molar-refractivity contribution in [3.05, 3.63) is 40.9 Å². The molecule has 0 spiro atoms. The summed E-state index contributed by atoms with van der Waals surface area (Å²) < 4.78 is 6.99. The van der Waals surface area contributed by atoms with Crippen LogP contribution in [0.2, 0.25) is 0 Å². The molecule has 24 heavy (non-hydrogen) atoms. The van der Waals surface area contributed by atoms with Gasteiger partial charge in [-0.15, -0.1) is 0 Å². The molecule has 0 saturated carbocycles. The van der Waals surface area contributed by atoms with Crippen molar-refractivity contribution in [1.29, 1.82) is 0 Å². The first kappa shape index (κ1) is 14.9. The predicted octanol–water partition coefficient (Wildman–Crippen LogP) is 2.54. The number of furan rings is 1. The van der Waals surface area contributed by atoms with Crippen molar-refractivity contribution in [1.82, 2.24) is 14.5 Å². The van der Waals surface area contributed by atoms with Crippen LogP contribution in [0.5, 0.6) is 0 Å². The van der Waals surface area contributed by atoms with E-state index in [4.69, 9.17) is 4.42 Å². The van der Waals surface area contributed by atoms with Crippen molar-refractivity contribution in [3.63, 3.8) is 0 Å². The van der Waals surface area contributed by atoms with Crippen LogP contribution in [0.4, 0.5) is 0 Å². The lowest BCUT2D eigenvalue weighted by Gasteiger charge is -2.33. The van der Waals surface area contributed by atoms with Crippen molar-refractivity contribution in [3.8, 4) is 0 Å². The minimum Gasteiger partial charge on any atom is -0.448 e. The minimum atomic E-state index is -0.311. The van der Waals surface area contributed by atoms with Gasteiger partial charge in [-0.1, -0.05) is 12.1 Å². The number of aromatic nitrogens is 2. The third kappa shape index (κ3) is 2.38. The number of carbonyl (C=O) groups excluding carboxylic acids is 1. The molecule has 3 aromatic rings. The molecule has 1 fully saturated rings. The summed E-state index contributed by atoms with van der Waals surface area (Å²) in [7, 11) is 0. The van der Waals surface area contributed by atoms with E-state index in [2.05, 4.69) is 11.9 Å². The Labute approximate surface area is 138 Å². The van der Waals surface area contributed by atoms with Gasteiger partial charge in [-0.25, -0.2) is 4.98 Å². The average Bonchev–Trinajstić information content (AvgIpc) is 2.97. The van der Waals surface area contributed by atoms with Crippen LogP contribution in [-0.2, 0) is 11.3 Å². The average molecular weight is 325 g/mol. The fourth-order valence-corrected chi connectivity index (χ4v) is 3.43. The number of piperidine rings is 1. The molecule has 6 nitrogen and oxygen atoms in total. The smallest absolute Gasteiger partial charge is 0.297 e. The van der Waals surface area contributed by atoms with Gasteiger partial charge in [-0.3, -0.25) is 14.2 Å². The highest BCUT2D eigenvalue weighted by Gasteiger charge is 2.24. The molecule has 1 aliphatic heterocycles. The molecule has 3 heterocycles. The zero-order chi connectivity index (χ0) is 16.7. The third-order valence-corrected chi connectivity index (χ3v) is 4.78. The molecular formula is C18H19N3O3. The van der Waals surface area contributed by atoms with E-state index in [1.807, 2.05) is 23.1 Å². The normalized spacial score (nSPS) is 18.4. The van der Waals surface area contributed by atoms with E-state index in [1.54, 1.807) is 6.07 Å². The number of hydrogen-bond donors (Lipinski definition) is 0. The Morgan fingerprint density at radius 1 is 1.33 bits per heavy atom. The van der Waals surface area contributed by atoms with Crippen LogP contribution in [0.25, 0.3) is 22.1 Å². The van der Waals surface area contributed by atoms with Gasteiger partial charge in [0.1, 0.15) is 17.6 Å². The molecule has 0 aliphatic carbocycles. The van der Waals surface area contributed by atoms with E-state index in [-0.39, 0.29) is 29.6 Å². The van der Waals surface area contributed by atoms with Crippen molar-refractivity contribution < 1.29 is 9.21 Å². The van der Waals surface area contributed by atoms with E-state index in [9.17, 15) is 9.59 Å². The highest BCUT2D eigenvalue weighted by molar-refractivity contribution is 6.01. The number of fused-ring (bicyclic) bond motifs is 3. The summed E-state index contributed by atoms with van der Waals surface area (Å²) in [6.45, 7) is 2.82. The Morgan fingerprint density at radius 3 is 3.00 bits per heavy atom. The first-order chi connectivity index (χ1) is 11.6. The quantitative estimate of drug-likeness (QED) is 0.726. The van der Waals surface area contributed by atoms with Crippen molar-refractivity contribution >= 4 is 28.0 Å². The van der Waals surface area contributed by atoms with Gasteiger partial charge in [0.15, 0.2) is 0 Å². The molecule has 1 amide bonds. The summed E-state index contributed by atoms with van der Waals surface area (Å²) in [4.78, 5) is 31.4. The van der Waals surface area contributed by atoms with E-state index in [1.165, 1.54) is 10.9 Å². The number of amides is 1. The van der Waals surface area contributed by atoms with Crippen LogP contribution in [0.15, 0.2) is 39.8 Å². The maximum Gasteiger partial charge on any atom is 0.297 e. The molecule has 0 radical (unpaired) electrons. The van der Waals surface area contributed by atoms with Crippen LogP contribution in [0.1, 0.15) is 26.2 Å². The Morgan fingerprint density at radius 2 is 2.17 bits per heavy atom. The van der Waals surface area contributed by atoms with Gasteiger partial charge < -0.3 is 9.32 Å². The molecule has 1 aromatic carbocycles. The first-order valence-electron chi connectivity index (χ1n) is 8.31. The van der Waals surface area contributed by atoms with Crippen LogP contribution in [0, 0.1) is 0 Å². The van der Waals surface area contributed by atoms with Gasteiger partial charge in [0.2, 0.25) is 11.5 Å². The summed E-state index contributed by atoms with van der Waals surface area (Å²) in [5.74, 6) is -0.0402. The summed E-state index contributed by atoms with van der Waals surface area (Å²) in [5, 5.41) is 0.813. The molecule has 1 saturated heterocycles. The van der Waals surface area contributed by atoms with E-state index >= 15 is 0 Å². The maximum atomic E-state index is 12.7. The molecule has 4 rings (SSSR count). The van der Waals surface area contributed by atoms with Gasteiger partial charge in [-0.2, -0.15) is 0 Å². The topological polar surface area (TPSA) is 68.3 Å². The fraction of sp³-hybridized carbons (Fsp3) is 0.389. The summed E-state index contributed by atoms with van der Waals surface area (Å²) >= 11 is 0. The Bertz CT molecular complexity index is 972. The summed E-state index contributed by atoms with van der Waals surface area (Å²) in [6, 6.07) is 7.64. The van der Waals surface area contributed by atoms with Crippen LogP contribution in [-0.4, -0.2) is 32.9 Å². The van der Waals surface area contributed by atoms with Crippen LogP contribution in [0.3, 0.4) is 0 Å². The van der Waals surface area contributed by atoms with Crippen molar-refractivity contribution in [2.75, 3.05) is 6.54 Å². The number of likely N-dealkylation sites (tertiary alicyclic amines) is 1. The summed E-state index contributed by atoms with van der Waals surface area (Å²) in [6.07, 6.45) is 4.63. The highest BCUT2D eigenvalue weighted by Crippen LogP contribution is 2.24. The number of carbonyl (C=O) groups is 1. The van der Waals surface area contributed by atoms with E-state index < -0.39 is 0 Å². The standard InChI is InChI=1S/C18H19N3O3/c1-12-6-4-5-9-21(12)15(22)10-20-11-19-16-13-7-2-3-8-14(13)24-17(16)18(20)23/h2-3,7-8,11-12H,4-6,9-10H2,1H3/t12-/m1/s1. The lowest BCUT2D eigenvalue weighted by Crippen LogP contribution is -2.44. The highest BCUT2D eigenvalue weighted by atomic mass is 16.3. The number of benzene rings is 1.